The Hall–Kier alpha value is -2.08. The van der Waals surface area contributed by atoms with Crippen LogP contribution in [-0.4, -0.2) is 22.6 Å². The van der Waals surface area contributed by atoms with Crippen LogP contribution < -0.4 is 9.47 Å². The van der Waals surface area contributed by atoms with Gasteiger partial charge in [0.15, 0.2) is 0 Å². The van der Waals surface area contributed by atoms with Crippen LogP contribution in [0.4, 0.5) is 0 Å². The first-order chi connectivity index (χ1) is 8.70. The van der Waals surface area contributed by atoms with Gasteiger partial charge >= 0.3 is 5.97 Å². The molecule has 0 fully saturated rings. The van der Waals surface area contributed by atoms with Crippen LogP contribution in [0.15, 0.2) is 30.5 Å². The molecule has 0 spiro atoms. The Labute approximate surface area is 108 Å². The van der Waals surface area contributed by atoms with E-state index >= 15 is 0 Å². The van der Waals surface area contributed by atoms with Gasteiger partial charge in [0.05, 0.1) is 23.7 Å². The molecule has 1 aromatic carbocycles. The lowest BCUT2D eigenvalue weighted by molar-refractivity contribution is 0.0694. The number of carbonyl (C=O) groups is 1. The minimum Gasteiger partial charge on any atom is -0.497 e. The van der Waals surface area contributed by atoms with Gasteiger partial charge in [-0.25, -0.2) is 4.79 Å². The molecule has 0 saturated carbocycles. The highest BCUT2D eigenvalue weighted by molar-refractivity contribution is 7.06. The fourth-order valence-corrected chi connectivity index (χ4v) is 2.00. The molecule has 2 rings (SSSR count). The summed E-state index contributed by atoms with van der Waals surface area (Å²) in [6.45, 7) is 0.193. The van der Waals surface area contributed by atoms with E-state index in [1.807, 2.05) is 0 Å². The Morgan fingerprint density at radius 3 is 2.61 bits per heavy atom. The average molecular weight is 265 g/mol. The molecule has 0 unspecified atom stereocenters. The summed E-state index contributed by atoms with van der Waals surface area (Å²) in [5.74, 6) is 0.406. The zero-order chi connectivity index (χ0) is 13.0. The smallest absolute Gasteiger partial charge is 0.338 e. The van der Waals surface area contributed by atoms with Crippen molar-refractivity contribution in [3.8, 4) is 11.5 Å². The van der Waals surface area contributed by atoms with E-state index < -0.39 is 5.97 Å². The van der Waals surface area contributed by atoms with Gasteiger partial charge in [-0.15, -0.1) is 0 Å². The third-order valence-corrected chi connectivity index (χ3v) is 3.07. The number of methoxy groups -OCH3 is 1. The Balaban J connectivity index is 2.02. The second-order valence-corrected chi connectivity index (χ2v) is 4.32. The predicted molar refractivity (Wildman–Crippen MR) is 66.4 cm³/mol. The average Bonchev–Trinajstić information content (AvgIpc) is 2.85. The Morgan fingerprint density at radius 2 is 2.00 bits per heavy atom. The standard InChI is InChI=1S/C12H11NO4S/c1-16-8-2-4-9(5-3-8)17-7-11-10(12(14)15)6-13-18-11/h2-6H,7H2,1H3,(H,14,15). The van der Waals surface area contributed by atoms with Gasteiger partial charge in [-0.3, -0.25) is 0 Å². The van der Waals surface area contributed by atoms with Crippen LogP contribution in [0.25, 0.3) is 0 Å². The molecule has 5 nitrogen and oxygen atoms in total. The number of hydrogen-bond acceptors (Lipinski definition) is 5. The monoisotopic (exact) mass is 265 g/mol. The number of carboxylic acid groups (broad SMARTS) is 1. The third-order valence-electron chi connectivity index (χ3n) is 2.30. The van der Waals surface area contributed by atoms with E-state index in [2.05, 4.69) is 4.37 Å². The molecule has 18 heavy (non-hydrogen) atoms. The van der Waals surface area contributed by atoms with E-state index in [9.17, 15) is 4.79 Å². The Bertz CT molecular complexity index is 535. The molecule has 1 aromatic heterocycles. The van der Waals surface area contributed by atoms with Crippen molar-refractivity contribution in [1.29, 1.82) is 0 Å². The lowest BCUT2D eigenvalue weighted by Gasteiger charge is -2.06. The van der Waals surface area contributed by atoms with Crippen molar-refractivity contribution >= 4 is 17.5 Å². The minimum atomic E-state index is -0.989. The fraction of sp³-hybridized carbons (Fsp3) is 0.167. The molecular weight excluding hydrogens is 254 g/mol. The fourth-order valence-electron chi connectivity index (χ4n) is 1.36. The lowest BCUT2D eigenvalue weighted by atomic mass is 10.3. The maximum absolute atomic E-state index is 10.9. The SMILES string of the molecule is COc1ccc(OCc2sncc2C(=O)O)cc1. The number of hydrogen-bond donors (Lipinski definition) is 1. The molecule has 0 saturated heterocycles. The van der Waals surface area contributed by atoms with E-state index in [1.54, 1.807) is 31.4 Å². The van der Waals surface area contributed by atoms with Gasteiger partial charge in [-0.2, -0.15) is 4.37 Å². The Morgan fingerprint density at radius 1 is 1.33 bits per heavy atom. The number of nitrogens with zero attached hydrogens (tertiary/aromatic N) is 1. The second-order valence-electron chi connectivity index (χ2n) is 3.43. The van der Waals surface area contributed by atoms with Gasteiger partial charge in [0.25, 0.3) is 0 Å². The number of aromatic carboxylic acids is 1. The van der Waals surface area contributed by atoms with Gasteiger partial charge in [-0.05, 0) is 35.8 Å². The molecule has 2 aromatic rings. The third kappa shape index (κ3) is 2.78. The van der Waals surface area contributed by atoms with Gasteiger partial charge in [0.2, 0.25) is 0 Å². The summed E-state index contributed by atoms with van der Waals surface area (Å²) in [6.07, 6.45) is 1.33. The van der Waals surface area contributed by atoms with Crippen molar-refractivity contribution in [3.05, 3.63) is 40.9 Å². The van der Waals surface area contributed by atoms with Crippen LogP contribution in [-0.2, 0) is 6.61 Å². The van der Waals surface area contributed by atoms with Gasteiger partial charge in [0.1, 0.15) is 18.1 Å². The molecule has 1 heterocycles. The highest BCUT2D eigenvalue weighted by atomic mass is 32.1. The lowest BCUT2D eigenvalue weighted by Crippen LogP contribution is -2.01. The molecule has 0 aliphatic heterocycles. The van der Waals surface area contributed by atoms with Gasteiger partial charge in [-0.1, -0.05) is 0 Å². The summed E-state index contributed by atoms with van der Waals surface area (Å²) in [5, 5.41) is 8.91. The topological polar surface area (TPSA) is 68.7 Å². The zero-order valence-electron chi connectivity index (χ0n) is 9.62. The van der Waals surface area contributed by atoms with Gasteiger partial charge < -0.3 is 14.6 Å². The zero-order valence-corrected chi connectivity index (χ0v) is 10.4. The summed E-state index contributed by atoms with van der Waals surface area (Å²) in [6, 6.07) is 7.08. The molecule has 0 amide bonds. The first kappa shape index (κ1) is 12.4. The predicted octanol–water partition coefficient (Wildman–Crippen LogP) is 2.43. The van der Waals surface area contributed by atoms with Crippen LogP contribution in [0, 0.1) is 0 Å². The van der Waals surface area contributed by atoms with Crippen molar-refractivity contribution in [2.24, 2.45) is 0 Å². The molecule has 0 radical (unpaired) electrons. The molecule has 0 atom stereocenters. The molecule has 94 valence electrons. The second kappa shape index (κ2) is 5.50. The largest absolute Gasteiger partial charge is 0.497 e. The van der Waals surface area contributed by atoms with Gasteiger partial charge in [0, 0.05) is 0 Å². The first-order valence-corrected chi connectivity index (χ1v) is 5.91. The Kier molecular flexibility index (Phi) is 3.78. The highest BCUT2D eigenvalue weighted by Gasteiger charge is 2.13. The van der Waals surface area contributed by atoms with Crippen LogP contribution in [0.2, 0.25) is 0 Å². The van der Waals surface area contributed by atoms with Crippen LogP contribution in [0.3, 0.4) is 0 Å². The number of rotatable bonds is 5. The van der Waals surface area contributed by atoms with Crippen LogP contribution >= 0.6 is 11.5 Å². The quantitative estimate of drug-likeness (QED) is 0.899. The van der Waals surface area contributed by atoms with Crippen molar-refractivity contribution in [1.82, 2.24) is 4.37 Å². The van der Waals surface area contributed by atoms with E-state index in [0.29, 0.717) is 10.6 Å². The summed E-state index contributed by atoms with van der Waals surface area (Å²) < 4.78 is 14.4. The summed E-state index contributed by atoms with van der Waals surface area (Å²) in [5.41, 5.74) is 0.188. The molecule has 0 bridgehead atoms. The van der Waals surface area contributed by atoms with Crippen molar-refractivity contribution < 1.29 is 19.4 Å². The van der Waals surface area contributed by atoms with Crippen LogP contribution in [0.1, 0.15) is 15.2 Å². The van der Waals surface area contributed by atoms with Crippen molar-refractivity contribution in [3.63, 3.8) is 0 Å². The molecule has 6 heteroatoms. The number of benzene rings is 1. The number of ether oxygens (including phenoxy) is 2. The molecule has 0 aliphatic rings. The highest BCUT2D eigenvalue weighted by Crippen LogP contribution is 2.20. The first-order valence-electron chi connectivity index (χ1n) is 5.14. The number of aromatic nitrogens is 1. The normalized spacial score (nSPS) is 10.1. The van der Waals surface area contributed by atoms with Crippen molar-refractivity contribution in [2.75, 3.05) is 7.11 Å². The van der Waals surface area contributed by atoms with Crippen LogP contribution in [0.5, 0.6) is 11.5 Å². The molecular formula is C12H11NO4S. The van der Waals surface area contributed by atoms with E-state index in [4.69, 9.17) is 14.6 Å². The number of carboxylic acids is 1. The molecule has 0 aliphatic carbocycles. The summed E-state index contributed by atoms with van der Waals surface area (Å²) in [4.78, 5) is 11.5. The van der Waals surface area contributed by atoms with E-state index in [-0.39, 0.29) is 12.2 Å². The summed E-state index contributed by atoms with van der Waals surface area (Å²) >= 11 is 1.12. The maximum Gasteiger partial charge on any atom is 0.338 e. The van der Waals surface area contributed by atoms with E-state index in [1.165, 1.54) is 6.20 Å². The van der Waals surface area contributed by atoms with Crippen molar-refractivity contribution in [2.45, 2.75) is 6.61 Å². The minimum absolute atomic E-state index is 0.188. The molecule has 1 N–H and O–H groups in total. The maximum atomic E-state index is 10.9. The van der Waals surface area contributed by atoms with E-state index in [0.717, 1.165) is 17.3 Å². The summed E-state index contributed by atoms with van der Waals surface area (Å²) in [7, 11) is 1.59.